The Labute approximate surface area is 108 Å². The first-order valence-electron chi connectivity index (χ1n) is 6.26. The van der Waals surface area contributed by atoms with Gasteiger partial charge in [-0.25, -0.2) is 4.98 Å². The van der Waals surface area contributed by atoms with Crippen molar-refractivity contribution < 1.29 is 0 Å². The van der Waals surface area contributed by atoms with Crippen LogP contribution in [0.3, 0.4) is 0 Å². The maximum absolute atomic E-state index is 5.60. The van der Waals surface area contributed by atoms with Gasteiger partial charge in [-0.3, -0.25) is 4.98 Å². The van der Waals surface area contributed by atoms with Crippen LogP contribution >= 0.6 is 0 Å². The lowest BCUT2D eigenvalue weighted by molar-refractivity contribution is 0.365. The zero-order chi connectivity index (χ0) is 13.0. The highest BCUT2D eigenvalue weighted by Crippen LogP contribution is 2.20. The van der Waals surface area contributed by atoms with Gasteiger partial charge in [0, 0.05) is 6.54 Å². The van der Waals surface area contributed by atoms with Crippen LogP contribution in [0.25, 0.3) is 11.0 Å². The summed E-state index contributed by atoms with van der Waals surface area (Å²) in [6.45, 7) is 5.94. The normalized spacial score (nSPS) is 11.7. The van der Waals surface area contributed by atoms with Gasteiger partial charge in [-0.1, -0.05) is 26.0 Å². The van der Waals surface area contributed by atoms with Crippen LogP contribution in [0.15, 0.2) is 30.5 Å². The van der Waals surface area contributed by atoms with Crippen LogP contribution in [0.4, 0.5) is 5.82 Å². The Bertz CT molecular complexity index is 522. The molecule has 4 heteroatoms. The number of rotatable bonds is 5. The van der Waals surface area contributed by atoms with E-state index in [1.165, 1.54) is 0 Å². The number of para-hydroxylation sites is 2. The van der Waals surface area contributed by atoms with Gasteiger partial charge in [0.15, 0.2) is 0 Å². The molecule has 0 amide bonds. The molecule has 0 aliphatic carbocycles. The lowest BCUT2D eigenvalue weighted by Crippen LogP contribution is -2.26. The highest BCUT2D eigenvalue weighted by Gasteiger charge is 2.16. The molecule has 0 radical (unpaired) electrons. The fourth-order valence-corrected chi connectivity index (χ4v) is 1.85. The number of nitrogens with two attached hydrogens (primary N) is 1. The summed E-state index contributed by atoms with van der Waals surface area (Å²) in [5.41, 5.74) is 7.61. The number of benzene rings is 1. The van der Waals surface area contributed by atoms with Gasteiger partial charge in [-0.15, -0.1) is 0 Å². The summed E-state index contributed by atoms with van der Waals surface area (Å²) in [5, 5.41) is 3.33. The van der Waals surface area contributed by atoms with Crippen molar-refractivity contribution in [2.24, 2.45) is 11.1 Å². The Hall–Kier alpha value is -1.68. The molecule has 1 aromatic carbocycles. The third kappa shape index (κ3) is 3.17. The number of hydrogen-bond donors (Lipinski definition) is 2. The average molecular weight is 244 g/mol. The van der Waals surface area contributed by atoms with E-state index < -0.39 is 0 Å². The summed E-state index contributed by atoms with van der Waals surface area (Å²) in [7, 11) is 0. The van der Waals surface area contributed by atoms with E-state index in [0.717, 1.165) is 29.8 Å². The standard InChI is InChI=1S/C14H20N4/c1-14(2,7-8-15)10-17-13-9-16-11-5-3-4-6-12(11)18-13/h3-6,9H,7-8,10,15H2,1-2H3,(H,17,18). The molecule has 4 nitrogen and oxygen atoms in total. The Kier molecular flexibility index (Phi) is 3.77. The third-order valence-electron chi connectivity index (χ3n) is 3.02. The van der Waals surface area contributed by atoms with Crippen LogP contribution in [0.1, 0.15) is 20.3 Å². The smallest absolute Gasteiger partial charge is 0.145 e. The fourth-order valence-electron chi connectivity index (χ4n) is 1.85. The summed E-state index contributed by atoms with van der Waals surface area (Å²) in [4.78, 5) is 8.91. The van der Waals surface area contributed by atoms with Crippen molar-refractivity contribution in [3.63, 3.8) is 0 Å². The number of aromatic nitrogens is 2. The average Bonchev–Trinajstić information content (AvgIpc) is 2.36. The molecule has 18 heavy (non-hydrogen) atoms. The monoisotopic (exact) mass is 244 g/mol. The van der Waals surface area contributed by atoms with Crippen LogP contribution < -0.4 is 11.1 Å². The number of fused-ring (bicyclic) bond motifs is 1. The van der Waals surface area contributed by atoms with Crippen molar-refractivity contribution in [3.8, 4) is 0 Å². The maximum Gasteiger partial charge on any atom is 0.145 e. The second-order valence-electron chi connectivity index (χ2n) is 5.30. The molecule has 1 aromatic heterocycles. The molecule has 0 saturated heterocycles. The summed E-state index contributed by atoms with van der Waals surface area (Å²) < 4.78 is 0. The first kappa shape index (κ1) is 12.8. The lowest BCUT2D eigenvalue weighted by Gasteiger charge is -2.24. The molecule has 2 aromatic rings. The number of hydrogen-bond acceptors (Lipinski definition) is 4. The van der Waals surface area contributed by atoms with Gasteiger partial charge in [0.1, 0.15) is 5.82 Å². The van der Waals surface area contributed by atoms with Gasteiger partial charge < -0.3 is 11.1 Å². The Morgan fingerprint density at radius 3 is 2.67 bits per heavy atom. The quantitative estimate of drug-likeness (QED) is 0.847. The lowest BCUT2D eigenvalue weighted by atomic mass is 9.89. The molecule has 0 bridgehead atoms. The van der Waals surface area contributed by atoms with Crippen molar-refractivity contribution >= 4 is 16.9 Å². The van der Waals surface area contributed by atoms with Crippen LogP contribution in [-0.2, 0) is 0 Å². The van der Waals surface area contributed by atoms with Crippen molar-refractivity contribution in [2.75, 3.05) is 18.4 Å². The zero-order valence-corrected chi connectivity index (χ0v) is 11.0. The second-order valence-corrected chi connectivity index (χ2v) is 5.30. The van der Waals surface area contributed by atoms with Crippen LogP contribution in [0.2, 0.25) is 0 Å². The number of nitrogens with zero attached hydrogens (tertiary/aromatic N) is 2. The minimum Gasteiger partial charge on any atom is -0.368 e. The molecule has 3 N–H and O–H groups in total. The van der Waals surface area contributed by atoms with E-state index in [1.54, 1.807) is 6.20 Å². The van der Waals surface area contributed by atoms with Crippen molar-refractivity contribution in [1.29, 1.82) is 0 Å². The minimum absolute atomic E-state index is 0.169. The van der Waals surface area contributed by atoms with E-state index in [4.69, 9.17) is 5.73 Å². The Morgan fingerprint density at radius 2 is 1.94 bits per heavy atom. The molecular formula is C14H20N4. The topological polar surface area (TPSA) is 63.8 Å². The summed E-state index contributed by atoms with van der Waals surface area (Å²) in [5.74, 6) is 0.818. The van der Waals surface area contributed by atoms with E-state index in [1.807, 2.05) is 24.3 Å². The summed E-state index contributed by atoms with van der Waals surface area (Å²) in [6, 6.07) is 7.87. The molecule has 2 rings (SSSR count). The van der Waals surface area contributed by atoms with Gasteiger partial charge in [-0.05, 0) is 30.5 Å². The number of nitrogens with one attached hydrogen (secondary N) is 1. The van der Waals surface area contributed by atoms with Crippen LogP contribution in [0, 0.1) is 5.41 Å². The summed E-state index contributed by atoms with van der Waals surface area (Å²) >= 11 is 0. The molecule has 0 spiro atoms. The van der Waals surface area contributed by atoms with Gasteiger partial charge in [-0.2, -0.15) is 0 Å². The predicted molar refractivity (Wildman–Crippen MR) is 75.5 cm³/mol. The molecule has 0 aliphatic heterocycles. The van der Waals surface area contributed by atoms with Crippen molar-refractivity contribution in [1.82, 2.24) is 9.97 Å². The van der Waals surface area contributed by atoms with E-state index in [-0.39, 0.29) is 5.41 Å². The molecule has 1 heterocycles. The first-order valence-corrected chi connectivity index (χ1v) is 6.26. The SMILES string of the molecule is CC(C)(CCN)CNc1cnc2ccccc2n1. The zero-order valence-electron chi connectivity index (χ0n) is 11.0. The van der Waals surface area contributed by atoms with Crippen LogP contribution in [-0.4, -0.2) is 23.1 Å². The fraction of sp³-hybridized carbons (Fsp3) is 0.429. The van der Waals surface area contributed by atoms with E-state index >= 15 is 0 Å². The van der Waals surface area contributed by atoms with E-state index in [2.05, 4.69) is 29.1 Å². The molecule has 0 unspecified atom stereocenters. The molecular weight excluding hydrogens is 224 g/mol. The van der Waals surface area contributed by atoms with Gasteiger partial charge in [0.25, 0.3) is 0 Å². The van der Waals surface area contributed by atoms with Crippen molar-refractivity contribution in [2.45, 2.75) is 20.3 Å². The third-order valence-corrected chi connectivity index (χ3v) is 3.02. The molecule has 0 saturated carbocycles. The van der Waals surface area contributed by atoms with Gasteiger partial charge in [0.05, 0.1) is 17.2 Å². The Morgan fingerprint density at radius 1 is 1.22 bits per heavy atom. The second kappa shape index (κ2) is 5.31. The first-order chi connectivity index (χ1) is 8.61. The summed E-state index contributed by atoms with van der Waals surface area (Å²) in [6.07, 6.45) is 2.77. The predicted octanol–water partition coefficient (Wildman–Crippen LogP) is 2.42. The van der Waals surface area contributed by atoms with Gasteiger partial charge >= 0.3 is 0 Å². The number of anilines is 1. The minimum atomic E-state index is 0.169. The van der Waals surface area contributed by atoms with Crippen LogP contribution in [0.5, 0.6) is 0 Å². The highest BCUT2D eigenvalue weighted by molar-refractivity contribution is 5.75. The van der Waals surface area contributed by atoms with Gasteiger partial charge in [0.2, 0.25) is 0 Å². The van der Waals surface area contributed by atoms with E-state index in [0.29, 0.717) is 6.54 Å². The molecule has 96 valence electrons. The Balaban J connectivity index is 2.08. The molecule has 0 fully saturated rings. The molecule has 0 aliphatic rings. The molecule has 0 atom stereocenters. The maximum atomic E-state index is 5.60. The van der Waals surface area contributed by atoms with Crippen molar-refractivity contribution in [3.05, 3.63) is 30.5 Å². The largest absolute Gasteiger partial charge is 0.368 e. The highest BCUT2D eigenvalue weighted by atomic mass is 15.0. The van der Waals surface area contributed by atoms with E-state index in [9.17, 15) is 0 Å².